The van der Waals surface area contributed by atoms with E-state index in [1.807, 2.05) is 0 Å². The first-order valence-electron chi connectivity index (χ1n) is 5.78. The molecule has 0 saturated carbocycles. The molecule has 0 spiro atoms. The molecule has 0 radical (unpaired) electrons. The van der Waals surface area contributed by atoms with E-state index in [-0.39, 0.29) is 17.4 Å². The summed E-state index contributed by atoms with van der Waals surface area (Å²) in [5, 5.41) is 11.1. The lowest BCUT2D eigenvalue weighted by Crippen LogP contribution is -2.48. The molecule has 0 aromatic carbocycles. The first-order valence-corrected chi connectivity index (χ1v) is 8.14. The third-order valence-electron chi connectivity index (χ3n) is 2.31. The van der Waals surface area contributed by atoms with Gasteiger partial charge in [-0.2, -0.15) is 4.72 Å². The summed E-state index contributed by atoms with van der Waals surface area (Å²) in [4.78, 5) is 11.7. The SMILES string of the molecule is COCCOC(=O)[C@H](NS(=O)(=O)c1cccs1)[C@@H](C)O. The van der Waals surface area contributed by atoms with Crippen LogP contribution in [0.4, 0.5) is 0 Å². The maximum atomic E-state index is 12.0. The number of esters is 1. The zero-order valence-corrected chi connectivity index (χ0v) is 12.7. The fraction of sp³-hybridized carbons (Fsp3) is 0.545. The highest BCUT2D eigenvalue weighted by Crippen LogP contribution is 2.16. The Kier molecular flexibility index (Phi) is 6.56. The fourth-order valence-corrected chi connectivity index (χ4v) is 3.57. The Morgan fingerprint density at radius 3 is 2.70 bits per heavy atom. The molecule has 0 unspecified atom stereocenters. The Hall–Kier alpha value is -1.00. The molecule has 0 aliphatic carbocycles. The lowest BCUT2D eigenvalue weighted by Gasteiger charge is -2.19. The molecule has 20 heavy (non-hydrogen) atoms. The van der Waals surface area contributed by atoms with Crippen LogP contribution in [-0.4, -0.2) is 52.0 Å². The van der Waals surface area contributed by atoms with Crippen LogP contribution in [0.5, 0.6) is 0 Å². The topological polar surface area (TPSA) is 102 Å². The number of nitrogens with one attached hydrogen (secondary N) is 1. The molecule has 1 aromatic heterocycles. The highest BCUT2D eigenvalue weighted by molar-refractivity contribution is 7.91. The van der Waals surface area contributed by atoms with E-state index < -0.39 is 28.1 Å². The van der Waals surface area contributed by atoms with Gasteiger partial charge >= 0.3 is 5.97 Å². The molecule has 1 rings (SSSR count). The van der Waals surface area contributed by atoms with E-state index in [4.69, 9.17) is 9.47 Å². The van der Waals surface area contributed by atoms with Gasteiger partial charge in [0.15, 0.2) is 0 Å². The predicted octanol–water partition coefficient (Wildman–Crippen LogP) is -0.0346. The van der Waals surface area contributed by atoms with Crippen molar-refractivity contribution in [2.24, 2.45) is 0 Å². The molecule has 0 amide bonds. The second-order valence-electron chi connectivity index (χ2n) is 3.93. The van der Waals surface area contributed by atoms with Crippen molar-refractivity contribution in [3.05, 3.63) is 17.5 Å². The number of ether oxygens (including phenoxy) is 2. The third-order valence-corrected chi connectivity index (χ3v) is 5.15. The van der Waals surface area contributed by atoms with Crippen LogP contribution in [0.1, 0.15) is 6.92 Å². The van der Waals surface area contributed by atoms with E-state index in [2.05, 4.69) is 4.72 Å². The van der Waals surface area contributed by atoms with Crippen LogP contribution >= 0.6 is 11.3 Å². The Balaban J connectivity index is 2.75. The molecule has 0 saturated heterocycles. The molecule has 0 bridgehead atoms. The maximum Gasteiger partial charge on any atom is 0.326 e. The van der Waals surface area contributed by atoms with Crippen molar-refractivity contribution in [3.63, 3.8) is 0 Å². The monoisotopic (exact) mass is 323 g/mol. The number of thiophene rings is 1. The Morgan fingerprint density at radius 1 is 1.50 bits per heavy atom. The van der Waals surface area contributed by atoms with Crippen molar-refractivity contribution in [2.75, 3.05) is 20.3 Å². The van der Waals surface area contributed by atoms with Gasteiger partial charge in [-0.3, -0.25) is 4.79 Å². The maximum absolute atomic E-state index is 12.0. The van der Waals surface area contributed by atoms with E-state index in [1.165, 1.54) is 20.1 Å². The standard InChI is InChI=1S/C11H17NO6S2/c1-8(13)10(11(14)18-6-5-17-2)12-20(15,16)9-4-3-7-19-9/h3-4,7-8,10,12-13H,5-6H2,1-2H3/t8-,10-/m1/s1. The number of hydrogen-bond donors (Lipinski definition) is 2. The van der Waals surface area contributed by atoms with Crippen LogP contribution in [0.2, 0.25) is 0 Å². The number of methoxy groups -OCH3 is 1. The Bertz CT molecular complexity index is 511. The summed E-state index contributed by atoms with van der Waals surface area (Å²) >= 11 is 1.01. The van der Waals surface area contributed by atoms with Gasteiger partial charge in [-0.15, -0.1) is 11.3 Å². The smallest absolute Gasteiger partial charge is 0.326 e. The minimum absolute atomic E-state index is 0.0146. The van der Waals surface area contributed by atoms with Gasteiger partial charge in [0.25, 0.3) is 10.0 Å². The van der Waals surface area contributed by atoms with Gasteiger partial charge in [-0.25, -0.2) is 8.42 Å². The second kappa shape index (κ2) is 7.70. The lowest BCUT2D eigenvalue weighted by molar-refractivity contribution is -0.149. The van der Waals surface area contributed by atoms with Crippen molar-refractivity contribution in [2.45, 2.75) is 23.3 Å². The van der Waals surface area contributed by atoms with Crippen LogP contribution < -0.4 is 4.72 Å². The van der Waals surface area contributed by atoms with Crippen LogP contribution in [0, 0.1) is 0 Å². The van der Waals surface area contributed by atoms with Crippen molar-refractivity contribution in [1.29, 1.82) is 0 Å². The van der Waals surface area contributed by atoms with Gasteiger partial charge < -0.3 is 14.6 Å². The van der Waals surface area contributed by atoms with Crippen LogP contribution in [0.3, 0.4) is 0 Å². The van der Waals surface area contributed by atoms with Gasteiger partial charge in [0.2, 0.25) is 0 Å². The molecule has 9 heteroatoms. The molecule has 7 nitrogen and oxygen atoms in total. The highest BCUT2D eigenvalue weighted by atomic mass is 32.2. The molecule has 2 N–H and O–H groups in total. The number of carbonyl (C=O) groups is 1. The predicted molar refractivity (Wildman–Crippen MR) is 72.9 cm³/mol. The lowest BCUT2D eigenvalue weighted by atomic mass is 10.2. The second-order valence-corrected chi connectivity index (χ2v) is 6.82. The Morgan fingerprint density at radius 2 is 2.20 bits per heavy atom. The summed E-state index contributed by atoms with van der Waals surface area (Å²) in [6, 6.07) is 1.62. The summed E-state index contributed by atoms with van der Waals surface area (Å²) in [7, 11) is -2.42. The zero-order valence-electron chi connectivity index (χ0n) is 11.1. The fourth-order valence-electron chi connectivity index (χ4n) is 1.30. The largest absolute Gasteiger partial charge is 0.462 e. The van der Waals surface area contributed by atoms with E-state index >= 15 is 0 Å². The summed E-state index contributed by atoms with van der Waals surface area (Å²) in [6.07, 6.45) is -1.22. The van der Waals surface area contributed by atoms with Crippen LogP contribution in [0.15, 0.2) is 21.7 Å². The summed E-state index contributed by atoms with van der Waals surface area (Å²) < 4.78 is 35.7. The van der Waals surface area contributed by atoms with Crippen molar-refractivity contribution in [1.82, 2.24) is 4.72 Å². The van der Waals surface area contributed by atoms with Crippen molar-refractivity contribution >= 4 is 27.3 Å². The first-order chi connectivity index (χ1) is 9.38. The number of sulfonamides is 1. The number of aliphatic hydroxyl groups excluding tert-OH is 1. The summed E-state index contributed by atoms with van der Waals surface area (Å²) in [5.41, 5.74) is 0. The molecule has 0 aliphatic rings. The number of hydrogen-bond acceptors (Lipinski definition) is 7. The minimum Gasteiger partial charge on any atom is -0.462 e. The first kappa shape index (κ1) is 17.1. The summed E-state index contributed by atoms with van der Waals surface area (Å²) in [5.74, 6) is -0.850. The quantitative estimate of drug-likeness (QED) is 0.514. The van der Waals surface area contributed by atoms with Gasteiger partial charge in [0.1, 0.15) is 16.9 Å². The molecule has 0 aliphatic heterocycles. The van der Waals surface area contributed by atoms with E-state index in [9.17, 15) is 18.3 Å². The Labute approximate surface area is 121 Å². The normalized spacial score (nSPS) is 14.8. The third kappa shape index (κ3) is 4.84. The molecule has 2 atom stereocenters. The van der Waals surface area contributed by atoms with Gasteiger partial charge in [-0.1, -0.05) is 6.07 Å². The van der Waals surface area contributed by atoms with Gasteiger partial charge in [0.05, 0.1) is 12.7 Å². The minimum atomic E-state index is -3.86. The average molecular weight is 323 g/mol. The zero-order chi connectivity index (χ0) is 15.2. The molecule has 1 aromatic rings. The van der Waals surface area contributed by atoms with Gasteiger partial charge in [-0.05, 0) is 18.4 Å². The highest BCUT2D eigenvalue weighted by Gasteiger charge is 2.31. The van der Waals surface area contributed by atoms with E-state index in [0.29, 0.717) is 0 Å². The molecule has 114 valence electrons. The molecular weight excluding hydrogens is 306 g/mol. The number of aliphatic hydroxyl groups is 1. The average Bonchev–Trinajstić information content (AvgIpc) is 2.90. The van der Waals surface area contributed by atoms with Crippen LogP contribution in [0.25, 0.3) is 0 Å². The van der Waals surface area contributed by atoms with Crippen molar-refractivity contribution < 1.29 is 27.8 Å². The molecule has 1 heterocycles. The van der Waals surface area contributed by atoms with Gasteiger partial charge in [0, 0.05) is 7.11 Å². The number of rotatable bonds is 8. The van der Waals surface area contributed by atoms with Crippen LogP contribution in [-0.2, 0) is 24.3 Å². The number of carbonyl (C=O) groups excluding carboxylic acids is 1. The summed E-state index contributed by atoms with van der Waals surface area (Å²) in [6.45, 7) is 1.48. The molecule has 0 fully saturated rings. The van der Waals surface area contributed by atoms with Crippen molar-refractivity contribution in [3.8, 4) is 0 Å². The van der Waals surface area contributed by atoms with E-state index in [0.717, 1.165) is 11.3 Å². The van der Waals surface area contributed by atoms with E-state index in [1.54, 1.807) is 11.4 Å². The molecular formula is C11H17NO6S2.